The second-order valence-electron chi connectivity index (χ2n) is 3.81. The summed E-state index contributed by atoms with van der Waals surface area (Å²) in [6, 6.07) is 1.21. The van der Waals surface area contributed by atoms with Crippen LogP contribution in [-0.2, 0) is 7.05 Å². The number of nitrogens with zero attached hydrogens (tertiary/aromatic N) is 4. The molecule has 1 aliphatic heterocycles. The topological polar surface area (TPSA) is 93.3 Å². The van der Waals surface area contributed by atoms with Gasteiger partial charge in [-0.1, -0.05) is 0 Å². The lowest BCUT2D eigenvalue weighted by Gasteiger charge is -2.26. The molecular weight excluding hydrogens is 226 g/mol. The Morgan fingerprint density at radius 2 is 2.18 bits per heavy atom. The number of hydrogen-bond acceptors (Lipinski definition) is 5. The minimum Gasteiger partial charge on any atom is -0.358 e. The molecule has 0 aliphatic carbocycles. The van der Waals surface area contributed by atoms with Gasteiger partial charge in [0.2, 0.25) is 0 Å². The van der Waals surface area contributed by atoms with Gasteiger partial charge in [0.25, 0.3) is 5.91 Å². The Bertz CT molecular complexity index is 449. The normalized spacial score (nSPS) is 15.9. The Morgan fingerprint density at radius 3 is 2.71 bits per heavy atom. The highest BCUT2D eigenvalue weighted by molar-refractivity contribution is 5.93. The largest absolute Gasteiger partial charge is 0.390 e. The van der Waals surface area contributed by atoms with Crippen LogP contribution in [0.15, 0.2) is 6.07 Å². The van der Waals surface area contributed by atoms with E-state index in [1.165, 1.54) is 17.8 Å². The molecule has 2 heterocycles. The Labute approximate surface area is 97.3 Å². The molecule has 1 amide bonds. The van der Waals surface area contributed by atoms with Gasteiger partial charge in [0.05, 0.1) is 18.2 Å². The van der Waals surface area contributed by atoms with Gasteiger partial charge >= 0.3 is 5.82 Å². The monoisotopic (exact) mass is 239 g/mol. The number of aryl methyl sites for hydroxylation is 1. The molecule has 0 bridgehead atoms. The number of aromatic nitrogens is 2. The van der Waals surface area contributed by atoms with Gasteiger partial charge in [-0.15, -0.1) is 0 Å². The van der Waals surface area contributed by atoms with Crippen LogP contribution in [0.1, 0.15) is 10.5 Å². The van der Waals surface area contributed by atoms with E-state index < -0.39 is 4.92 Å². The molecule has 17 heavy (non-hydrogen) atoms. The van der Waals surface area contributed by atoms with Gasteiger partial charge in [-0.3, -0.25) is 4.79 Å². The first-order chi connectivity index (χ1) is 8.09. The van der Waals surface area contributed by atoms with Crippen molar-refractivity contribution >= 4 is 11.7 Å². The molecule has 0 radical (unpaired) electrons. The van der Waals surface area contributed by atoms with E-state index in [9.17, 15) is 14.9 Å². The molecule has 0 unspecified atom stereocenters. The number of carbonyl (C=O) groups is 1. The number of amides is 1. The fourth-order valence-corrected chi connectivity index (χ4v) is 1.77. The van der Waals surface area contributed by atoms with Crippen molar-refractivity contribution in [1.82, 2.24) is 20.0 Å². The number of nitrogens with one attached hydrogen (secondary N) is 1. The molecule has 1 aromatic rings. The zero-order valence-electron chi connectivity index (χ0n) is 9.42. The summed E-state index contributed by atoms with van der Waals surface area (Å²) in [6.07, 6.45) is 0. The average molecular weight is 239 g/mol. The van der Waals surface area contributed by atoms with Crippen LogP contribution in [0, 0.1) is 10.1 Å². The summed E-state index contributed by atoms with van der Waals surface area (Å²) < 4.78 is 1.25. The summed E-state index contributed by atoms with van der Waals surface area (Å²) in [5.74, 6) is -0.513. The maximum atomic E-state index is 12.1. The van der Waals surface area contributed by atoms with E-state index in [2.05, 4.69) is 10.4 Å². The highest BCUT2D eigenvalue weighted by Gasteiger charge is 2.25. The lowest BCUT2D eigenvalue weighted by molar-refractivity contribution is -0.389. The van der Waals surface area contributed by atoms with E-state index in [-0.39, 0.29) is 17.4 Å². The predicted molar refractivity (Wildman–Crippen MR) is 58.6 cm³/mol. The van der Waals surface area contributed by atoms with Crippen molar-refractivity contribution in [2.45, 2.75) is 0 Å². The van der Waals surface area contributed by atoms with Gasteiger partial charge in [0, 0.05) is 26.2 Å². The van der Waals surface area contributed by atoms with Crippen molar-refractivity contribution in [3.8, 4) is 0 Å². The molecule has 1 N–H and O–H groups in total. The summed E-state index contributed by atoms with van der Waals surface area (Å²) in [5.41, 5.74) is 0.249. The van der Waals surface area contributed by atoms with E-state index in [0.717, 1.165) is 13.1 Å². The van der Waals surface area contributed by atoms with Crippen LogP contribution in [-0.4, -0.2) is 51.7 Å². The van der Waals surface area contributed by atoms with Gasteiger partial charge in [0.15, 0.2) is 5.69 Å². The lowest BCUT2D eigenvalue weighted by Crippen LogP contribution is -2.46. The maximum absolute atomic E-state index is 12.1. The summed E-state index contributed by atoms with van der Waals surface area (Å²) in [7, 11) is 1.53. The van der Waals surface area contributed by atoms with Gasteiger partial charge in [-0.05, 0) is 4.92 Å². The van der Waals surface area contributed by atoms with Crippen LogP contribution in [0.3, 0.4) is 0 Å². The highest BCUT2D eigenvalue weighted by Crippen LogP contribution is 2.13. The number of nitro groups is 1. The average Bonchev–Trinajstić information content (AvgIpc) is 2.72. The van der Waals surface area contributed by atoms with Crippen LogP contribution >= 0.6 is 0 Å². The molecule has 92 valence electrons. The van der Waals surface area contributed by atoms with Gasteiger partial charge in [-0.25, -0.2) is 0 Å². The van der Waals surface area contributed by atoms with Gasteiger partial charge in [0.1, 0.15) is 0 Å². The molecule has 1 fully saturated rings. The minimum atomic E-state index is -0.603. The zero-order chi connectivity index (χ0) is 12.4. The van der Waals surface area contributed by atoms with Crippen molar-refractivity contribution in [3.05, 3.63) is 21.9 Å². The van der Waals surface area contributed by atoms with E-state index in [0.29, 0.717) is 13.1 Å². The first kappa shape index (κ1) is 11.5. The predicted octanol–water partition coefficient (Wildman–Crippen LogP) is -0.626. The third-order valence-electron chi connectivity index (χ3n) is 2.68. The van der Waals surface area contributed by atoms with Crippen LogP contribution in [0.4, 0.5) is 5.82 Å². The highest BCUT2D eigenvalue weighted by atomic mass is 16.6. The standard InChI is InChI=1S/C9H13N5O3/c1-12-7(6-8(11-12)14(16)17)9(15)13-4-2-10-3-5-13/h6,10H,2-5H2,1H3. The van der Waals surface area contributed by atoms with Crippen molar-refractivity contribution in [1.29, 1.82) is 0 Å². The van der Waals surface area contributed by atoms with Crippen LogP contribution in [0.25, 0.3) is 0 Å². The van der Waals surface area contributed by atoms with Crippen LogP contribution in [0.2, 0.25) is 0 Å². The molecule has 1 saturated heterocycles. The van der Waals surface area contributed by atoms with Crippen molar-refractivity contribution in [3.63, 3.8) is 0 Å². The third-order valence-corrected chi connectivity index (χ3v) is 2.68. The number of rotatable bonds is 2. The molecule has 1 aromatic heterocycles. The Hall–Kier alpha value is -1.96. The Morgan fingerprint density at radius 1 is 1.53 bits per heavy atom. The first-order valence-corrected chi connectivity index (χ1v) is 5.28. The summed E-state index contributed by atoms with van der Waals surface area (Å²) >= 11 is 0. The number of hydrogen-bond donors (Lipinski definition) is 1. The van der Waals surface area contributed by atoms with Crippen LogP contribution < -0.4 is 5.32 Å². The summed E-state index contributed by atoms with van der Waals surface area (Å²) in [4.78, 5) is 23.7. The smallest absolute Gasteiger partial charge is 0.358 e. The fourth-order valence-electron chi connectivity index (χ4n) is 1.77. The van der Waals surface area contributed by atoms with Gasteiger partial charge < -0.3 is 20.3 Å². The first-order valence-electron chi connectivity index (χ1n) is 5.28. The molecule has 0 aromatic carbocycles. The Balaban J connectivity index is 2.20. The molecule has 8 heteroatoms. The third kappa shape index (κ3) is 2.26. The molecular formula is C9H13N5O3. The Kier molecular flexibility index (Phi) is 3.05. The van der Waals surface area contributed by atoms with Crippen LogP contribution in [0.5, 0.6) is 0 Å². The lowest BCUT2D eigenvalue weighted by atomic mass is 10.3. The minimum absolute atomic E-state index is 0.213. The van der Waals surface area contributed by atoms with Crippen molar-refractivity contribution in [2.75, 3.05) is 26.2 Å². The van der Waals surface area contributed by atoms with E-state index in [1.807, 2.05) is 0 Å². The quantitative estimate of drug-likeness (QED) is 0.548. The molecule has 8 nitrogen and oxygen atoms in total. The summed E-state index contributed by atoms with van der Waals surface area (Å²) in [6.45, 7) is 2.70. The molecule has 0 atom stereocenters. The van der Waals surface area contributed by atoms with Crippen molar-refractivity contribution < 1.29 is 9.72 Å². The zero-order valence-corrected chi connectivity index (χ0v) is 9.42. The SMILES string of the molecule is Cn1nc([N+](=O)[O-])cc1C(=O)N1CCNCC1. The fraction of sp³-hybridized carbons (Fsp3) is 0.556. The maximum Gasteiger partial charge on any atom is 0.390 e. The second-order valence-corrected chi connectivity index (χ2v) is 3.81. The molecule has 2 rings (SSSR count). The summed E-state index contributed by atoms with van der Waals surface area (Å²) in [5, 5.41) is 17.4. The second kappa shape index (κ2) is 4.50. The van der Waals surface area contributed by atoms with E-state index >= 15 is 0 Å². The van der Waals surface area contributed by atoms with E-state index in [4.69, 9.17) is 0 Å². The molecule has 1 aliphatic rings. The van der Waals surface area contributed by atoms with E-state index in [1.54, 1.807) is 4.90 Å². The number of carbonyl (C=O) groups excluding carboxylic acids is 1. The number of piperazine rings is 1. The van der Waals surface area contributed by atoms with Gasteiger partial charge in [-0.2, -0.15) is 4.68 Å². The van der Waals surface area contributed by atoms with Crippen molar-refractivity contribution in [2.24, 2.45) is 7.05 Å². The molecule has 0 spiro atoms. The molecule has 0 saturated carbocycles.